The van der Waals surface area contributed by atoms with E-state index in [4.69, 9.17) is 0 Å². The molecular weight excluding hydrogens is 300 g/mol. The van der Waals surface area contributed by atoms with E-state index in [2.05, 4.69) is 82.6 Å². The van der Waals surface area contributed by atoms with Gasteiger partial charge in [0.05, 0.1) is 5.52 Å². The van der Waals surface area contributed by atoms with Gasteiger partial charge in [0.15, 0.2) is 0 Å². The molecule has 0 fully saturated rings. The SMILES string of the molecule is Cc1ccn2c(-c3ccc(C)c(C)c3)nc(Br)c2c1. The van der Waals surface area contributed by atoms with Crippen LogP contribution in [0.5, 0.6) is 0 Å². The molecule has 1 aromatic carbocycles. The largest absolute Gasteiger partial charge is 0.299 e. The van der Waals surface area contributed by atoms with Crippen LogP contribution in [-0.4, -0.2) is 9.38 Å². The van der Waals surface area contributed by atoms with Gasteiger partial charge in [0, 0.05) is 11.8 Å². The molecule has 0 aliphatic heterocycles. The van der Waals surface area contributed by atoms with Gasteiger partial charge in [0.25, 0.3) is 0 Å². The van der Waals surface area contributed by atoms with Crippen LogP contribution >= 0.6 is 15.9 Å². The molecule has 3 heteroatoms. The topological polar surface area (TPSA) is 17.3 Å². The monoisotopic (exact) mass is 314 g/mol. The molecule has 0 aliphatic carbocycles. The van der Waals surface area contributed by atoms with E-state index in [0.717, 1.165) is 21.5 Å². The molecule has 0 radical (unpaired) electrons. The summed E-state index contributed by atoms with van der Waals surface area (Å²) in [7, 11) is 0. The van der Waals surface area contributed by atoms with Gasteiger partial charge in [0.2, 0.25) is 0 Å². The highest BCUT2D eigenvalue weighted by Crippen LogP contribution is 2.27. The molecule has 2 aromatic heterocycles. The van der Waals surface area contributed by atoms with Crippen molar-refractivity contribution in [1.82, 2.24) is 9.38 Å². The Hall–Kier alpha value is -1.61. The average Bonchev–Trinajstić information content (AvgIpc) is 2.70. The molecular formula is C16H15BrN2. The summed E-state index contributed by atoms with van der Waals surface area (Å²) in [5, 5.41) is 0. The van der Waals surface area contributed by atoms with E-state index in [1.165, 1.54) is 16.7 Å². The van der Waals surface area contributed by atoms with Crippen molar-refractivity contribution in [1.29, 1.82) is 0 Å². The van der Waals surface area contributed by atoms with Crippen molar-refractivity contribution in [2.45, 2.75) is 20.8 Å². The lowest BCUT2D eigenvalue weighted by atomic mass is 10.1. The Morgan fingerprint density at radius 3 is 2.53 bits per heavy atom. The molecule has 96 valence electrons. The fourth-order valence-electron chi connectivity index (χ4n) is 2.24. The van der Waals surface area contributed by atoms with E-state index in [1.807, 2.05) is 0 Å². The Morgan fingerprint density at radius 2 is 1.79 bits per heavy atom. The summed E-state index contributed by atoms with van der Waals surface area (Å²) < 4.78 is 3.02. The summed E-state index contributed by atoms with van der Waals surface area (Å²) in [6, 6.07) is 10.7. The van der Waals surface area contributed by atoms with Gasteiger partial charge >= 0.3 is 0 Å². The molecule has 2 heterocycles. The van der Waals surface area contributed by atoms with Crippen LogP contribution in [0.3, 0.4) is 0 Å². The van der Waals surface area contributed by atoms with Crippen LogP contribution in [0.15, 0.2) is 41.1 Å². The van der Waals surface area contributed by atoms with Crippen molar-refractivity contribution in [3.63, 3.8) is 0 Å². The summed E-state index contributed by atoms with van der Waals surface area (Å²) in [6.45, 7) is 6.35. The molecule has 0 atom stereocenters. The van der Waals surface area contributed by atoms with Gasteiger partial charge in [-0.05, 0) is 71.6 Å². The second kappa shape index (κ2) is 4.49. The highest BCUT2D eigenvalue weighted by atomic mass is 79.9. The molecule has 0 spiro atoms. The van der Waals surface area contributed by atoms with Gasteiger partial charge in [-0.15, -0.1) is 0 Å². The first-order valence-corrected chi connectivity index (χ1v) is 7.07. The maximum Gasteiger partial charge on any atom is 0.145 e. The Balaban J connectivity index is 2.28. The predicted molar refractivity (Wildman–Crippen MR) is 82.5 cm³/mol. The fraction of sp³-hybridized carbons (Fsp3) is 0.188. The Labute approximate surface area is 121 Å². The minimum absolute atomic E-state index is 0.893. The van der Waals surface area contributed by atoms with Gasteiger partial charge < -0.3 is 0 Å². The van der Waals surface area contributed by atoms with E-state index in [-0.39, 0.29) is 0 Å². The number of benzene rings is 1. The Bertz CT molecular complexity index is 772. The second-order valence-corrected chi connectivity index (χ2v) is 5.74. The van der Waals surface area contributed by atoms with Crippen LogP contribution < -0.4 is 0 Å². The van der Waals surface area contributed by atoms with E-state index < -0.39 is 0 Å². The minimum Gasteiger partial charge on any atom is -0.299 e. The minimum atomic E-state index is 0.893. The van der Waals surface area contributed by atoms with Crippen LogP contribution in [-0.2, 0) is 0 Å². The van der Waals surface area contributed by atoms with Crippen molar-refractivity contribution < 1.29 is 0 Å². The number of hydrogen-bond acceptors (Lipinski definition) is 1. The van der Waals surface area contributed by atoms with Crippen LogP contribution in [0.2, 0.25) is 0 Å². The molecule has 0 aliphatic rings. The van der Waals surface area contributed by atoms with Gasteiger partial charge in [-0.25, -0.2) is 4.98 Å². The van der Waals surface area contributed by atoms with Crippen molar-refractivity contribution in [2.24, 2.45) is 0 Å². The first kappa shape index (κ1) is 12.4. The summed E-state index contributed by atoms with van der Waals surface area (Å²) >= 11 is 3.55. The van der Waals surface area contributed by atoms with E-state index in [1.54, 1.807) is 0 Å². The number of fused-ring (bicyclic) bond motifs is 1. The first-order chi connectivity index (χ1) is 9.06. The molecule has 3 aromatic rings. The van der Waals surface area contributed by atoms with Gasteiger partial charge in [-0.2, -0.15) is 0 Å². The Morgan fingerprint density at radius 1 is 1.00 bits per heavy atom. The lowest BCUT2D eigenvalue weighted by molar-refractivity contribution is 1.15. The van der Waals surface area contributed by atoms with Crippen LogP contribution in [0.1, 0.15) is 16.7 Å². The zero-order valence-corrected chi connectivity index (χ0v) is 12.8. The maximum atomic E-state index is 4.65. The fourth-order valence-corrected chi connectivity index (χ4v) is 2.71. The lowest BCUT2D eigenvalue weighted by Gasteiger charge is -2.05. The molecule has 0 amide bonds. The van der Waals surface area contributed by atoms with Gasteiger partial charge in [0.1, 0.15) is 10.4 Å². The predicted octanol–water partition coefficient (Wildman–Crippen LogP) is 4.69. The number of rotatable bonds is 1. The number of aryl methyl sites for hydroxylation is 3. The van der Waals surface area contributed by atoms with E-state index in [9.17, 15) is 0 Å². The quantitative estimate of drug-likeness (QED) is 0.637. The lowest BCUT2D eigenvalue weighted by Crippen LogP contribution is -1.91. The third-order valence-electron chi connectivity index (χ3n) is 3.52. The number of pyridine rings is 1. The van der Waals surface area contributed by atoms with Crippen LogP contribution in [0.4, 0.5) is 0 Å². The number of hydrogen-bond donors (Lipinski definition) is 0. The number of imidazole rings is 1. The van der Waals surface area contributed by atoms with Crippen LogP contribution in [0.25, 0.3) is 16.9 Å². The summed E-state index contributed by atoms with van der Waals surface area (Å²) in [5.41, 5.74) is 6.08. The smallest absolute Gasteiger partial charge is 0.145 e. The molecule has 0 saturated carbocycles. The van der Waals surface area contributed by atoms with E-state index in [0.29, 0.717) is 0 Å². The van der Waals surface area contributed by atoms with E-state index >= 15 is 0 Å². The molecule has 0 N–H and O–H groups in total. The maximum absolute atomic E-state index is 4.65. The van der Waals surface area contributed by atoms with Gasteiger partial charge in [-0.1, -0.05) is 12.1 Å². The number of nitrogens with zero attached hydrogens (tertiary/aromatic N) is 2. The molecule has 2 nitrogen and oxygen atoms in total. The normalized spacial score (nSPS) is 11.2. The zero-order valence-electron chi connectivity index (χ0n) is 11.2. The van der Waals surface area contributed by atoms with Crippen molar-refractivity contribution in [3.05, 3.63) is 57.8 Å². The van der Waals surface area contributed by atoms with Gasteiger partial charge in [-0.3, -0.25) is 4.40 Å². The third kappa shape index (κ3) is 2.08. The summed E-state index contributed by atoms with van der Waals surface area (Å²) in [5.74, 6) is 0.977. The molecule has 0 bridgehead atoms. The third-order valence-corrected chi connectivity index (χ3v) is 4.10. The zero-order chi connectivity index (χ0) is 13.6. The second-order valence-electron chi connectivity index (χ2n) is 4.98. The summed E-state index contributed by atoms with van der Waals surface area (Å²) in [6.07, 6.45) is 2.08. The average molecular weight is 315 g/mol. The highest BCUT2D eigenvalue weighted by molar-refractivity contribution is 9.10. The molecule has 3 rings (SSSR count). The van der Waals surface area contributed by atoms with Crippen molar-refractivity contribution in [2.75, 3.05) is 0 Å². The molecule has 0 saturated heterocycles. The summed E-state index contributed by atoms with van der Waals surface area (Å²) in [4.78, 5) is 4.65. The first-order valence-electron chi connectivity index (χ1n) is 6.28. The van der Waals surface area contributed by atoms with Crippen molar-refractivity contribution >= 4 is 21.4 Å². The molecule has 0 unspecified atom stereocenters. The highest BCUT2D eigenvalue weighted by Gasteiger charge is 2.11. The number of aromatic nitrogens is 2. The van der Waals surface area contributed by atoms with Crippen LogP contribution in [0, 0.1) is 20.8 Å². The molecule has 19 heavy (non-hydrogen) atoms. The Kier molecular flexibility index (Phi) is 2.94. The standard InChI is InChI=1S/C16H15BrN2/c1-10-6-7-19-14(8-10)15(17)18-16(19)13-5-4-11(2)12(3)9-13/h4-9H,1-3H3. The number of halogens is 1. The van der Waals surface area contributed by atoms with Crippen molar-refractivity contribution in [3.8, 4) is 11.4 Å².